The molecule has 0 amide bonds. The number of likely N-dealkylation sites (tertiary alicyclic amines) is 1. The quantitative estimate of drug-likeness (QED) is 0.715. The zero-order valence-corrected chi connectivity index (χ0v) is 8.76. The van der Waals surface area contributed by atoms with Crippen molar-refractivity contribution in [3.63, 3.8) is 0 Å². The highest BCUT2D eigenvalue weighted by molar-refractivity contribution is 5.03. The molecule has 0 radical (unpaired) electrons. The van der Waals surface area contributed by atoms with E-state index in [0.717, 1.165) is 12.5 Å². The van der Waals surface area contributed by atoms with E-state index in [4.69, 9.17) is 5.73 Å². The van der Waals surface area contributed by atoms with Crippen LogP contribution in [0.1, 0.15) is 39.0 Å². The third-order valence-electron chi connectivity index (χ3n) is 4.04. The van der Waals surface area contributed by atoms with Gasteiger partial charge in [0.25, 0.3) is 0 Å². The molecule has 1 heterocycles. The summed E-state index contributed by atoms with van der Waals surface area (Å²) in [5.74, 6) is 0.917. The summed E-state index contributed by atoms with van der Waals surface area (Å²) in [6.45, 7) is 5.76. The molecule has 1 aliphatic heterocycles. The summed E-state index contributed by atoms with van der Waals surface area (Å²) in [5, 5.41) is 0. The van der Waals surface area contributed by atoms with Crippen molar-refractivity contribution in [3.05, 3.63) is 0 Å². The lowest BCUT2D eigenvalue weighted by molar-refractivity contribution is 0.0948. The third-order valence-corrected chi connectivity index (χ3v) is 4.04. The highest BCUT2D eigenvalue weighted by Gasteiger charge is 2.47. The third kappa shape index (κ3) is 1.50. The van der Waals surface area contributed by atoms with Crippen LogP contribution in [0, 0.1) is 5.92 Å². The summed E-state index contributed by atoms with van der Waals surface area (Å²) >= 11 is 0. The van der Waals surface area contributed by atoms with Gasteiger partial charge in [-0.1, -0.05) is 6.92 Å². The zero-order valence-electron chi connectivity index (χ0n) is 8.76. The summed E-state index contributed by atoms with van der Waals surface area (Å²) in [6.07, 6.45) is 6.85. The van der Waals surface area contributed by atoms with Crippen LogP contribution >= 0.6 is 0 Å². The van der Waals surface area contributed by atoms with E-state index >= 15 is 0 Å². The van der Waals surface area contributed by atoms with E-state index in [1.54, 1.807) is 0 Å². The highest BCUT2D eigenvalue weighted by Crippen LogP contribution is 2.45. The smallest absolute Gasteiger partial charge is 0.0357 e. The second-order valence-electron chi connectivity index (χ2n) is 4.63. The molecule has 1 saturated heterocycles. The molecule has 0 aromatic rings. The van der Waals surface area contributed by atoms with Gasteiger partial charge >= 0.3 is 0 Å². The maximum atomic E-state index is 6.00. The second-order valence-corrected chi connectivity index (χ2v) is 4.63. The molecular formula is C11H22N2. The molecule has 76 valence electrons. The summed E-state index contributed by atoms with van der Waals surface area (Å²) in [4.78, 5) is 2.67. The van der Waals surface area contributed by atoms with Gasteiger partial charge in [0.2, 0.25) is 0 Å². The van der Waals surface area contributed by atoms with Gasteiger partial charge < -0.3 is 5.73 Å². The Morgan fingerprint density at radius 3 is 2.31 bits per heavy atom. The van der Waals surface area contributed by atoms with E-state index in [2.05, 4.69) is 11.8 Å². The zero-order chi connectivity index (χ0) is 9.31. The number of nitrogens with zero attached hydrogens (tertiary/aromatic N) is 1. The Morgan fingerprint density at radius 2 is 1.92 bits per heavy atom. The predicted molar refractivity (Wildman–Crippen MR) is 55.6 cm³/mol. The molecule has 0 spiro atoms. The number of hydrogen-bond acceptors (Lipinski definition) is 2. The van der Waals surface area contributed by atoms with Crippen molar-refractivity contribution in [3.8, 4) is 0 Å². The second kappa shape index (κ2) is 3.58. The van der Waals surface area contributed by atoms with E-state index in [-0.39, 0.29) is 0 Å². The molecule has 1 unspecified atom stereocenters. The summed E-state index contributed by atoms with van der Waals surface area (Å²) < 4.78 is 0. The van der Waals surface area contributed by atoms with Crippen LogP contribution in [0.2, 0.25) is 0 Å². The first-order chi connectivity index (χ1) is 6.33. The normalized spacial score (nSPS) is 29.1. The molecule has 2 aliphatic rings. The van der Waals surface area contributed by atoms with Crippen LogP contribution in [0.15, 0.2) is 0 Å². The average molecular weight is 182 g/mol. The van der Waals surface area contributed by atoms with Crippen LogP contribution in [-0.4, -0.2) is 30.1 Å². The standard InChI is InChI=1S/C11H22N2/c1-2-11(9-12,10-5-6-10)13-7-3-4-8-13/h10H,2-9,12H2,1H3. The van der Waals surface area contributed by atoms with Crippen LogP contribution in [0.3, 0.4) is 0 Å². The van der Waals surface area contributed by atoms with Gasteiger partial charge in [0.1, 0.15) is 0 Å². The summed E-state index contributed by atoms with van der Waals surface area (Å²) in [7, 11) is 0. The average Bonchev–Trinajstić information content (AvgIpc) is 2.85. The minimum Gasteiger partial charge on any atom is -0.329 e. The maximum absolute atomic E-state index is 6.00. The largest absolute Gasteiger partial charge is 0.329 e. The van der Waals surface area contributed by atoms with E-state index in [1.807, 2.05) is 0 Å². The number of hydrogen-bond donors (Lipinski definition) is 1. The van der Waals surface area contributed by atoms with E-state index in [1.165, 1.54) is 45.2 Å². The maximum Gasteiger partial charge on any atom is 0.0357 e. The van der Waals surface area contributed by atoms with Gasteiger partial charge in [-0.05, 0) is 51.1 Å². The fraction of sp³-hybridized carbons (Fsp3) is 1.00. The van der Waals surface area contributed by atoms with Crippen LogP contribution in [0.25, 0.3) is 0 Å². The molecule has 2 heteroatoms. The molecular weight excluding hydrogens is 160 g/mol. The highest BCUT2D eigenvalue weighted by atomic mass is 15.2. The Bertz CT molecular complexity index is 165. The Labute approximate surface area is 81.5 Å². The Balaban J connectivity index is 2.09. The molecule has 1 aliphatic carbocycles. The molecule has 0 bridgehead atoms. The predicted octanol–water partition coefficient (Wildman–Crippen LogP) is 1.60. The molecule has 2 rings (SSSR count). The lowest BCUT2D eigenvalue weighted by atomic mass is 9.88. The monoisotopic (exact) mass is 182 g/mol. The van der Waals surface area contributed by atoms with E-state index < -0.39 is 0 Å². The van der Waals surface area contributed by atoms with Gasteiger partial charge in [-0.2, -0.15) is 0 Å². The van der Waals surface area contributed by atoms with Crippen molar-refractivity contribution in [2.45, 2.75) is 44.6 Å². The van der Waals surface area contributed by atoms with Gasteiger partial charge in [-0.15, -0.1) is 0 Å². The minimum atomic E-state index is 0.385. The van der Waals surface area contributed by atoms with Gasteiger partial charge in [0, 0.05) is 12.1 Å². The summed E-state index contributed by atoms with van der Waals surface area (Å²) in [5.41, 5.74) is 6.38. The minimum absolute atomic E-state index is 0.385. The van der Waals surface area contributed by atoms with Crippen molar-refractivity contribution < 1.29 is 0 Å². The number of rotatable bonds is 4. The molecule has 0 aromatic heterocycles. The van der Waals surface area contributed by atoms with Crippen molar-refractivity contribution in [2.75, 3.05) is 19.6 Å². The van der Waals surface area contributed by atoms with Gasteiger partial charge in [0.05, 0.1) is 0 Å². The van der Waals surface area contributed by atoms with Crippen molar-refractivity contribution in [2.24, 2.45) is 11.7 Å². The van der Waals surface area contributed by atoms with Gasteiger partial charge in [-0.25, -0.2) is 0 Å². The molecule has 1 saturated carbocycles. The Kier molecular flexibility index (Phi) is 2.61. The SMILES string of the molecule is CCC(CN)(C1CC1)N1CCCC1. The summed E-state index contributed by atoms with van der Waals surface area (Å²) in [6, 6.07) is 0. The van der Waals surface area contributed by atoms with Gasteiger partial charge in [-0.3, -0.25) is 4.90 Å². The van der Waals surface area contributed by atoms with E-state index in [0.29, 0.717) is 5.54 Å². The van der Waals surface area contributed by atoms with Gasteiger partial charge in [0.15, 0.2) is 0 Å². The molecule has 2 fully saturated rings. The first kappa shape index (κ1) is 9.47. The number of nitrogens with two attached hydrogens (primary N) is 1. The molecule has 2 N–H and O–H groups in total. The lowest BCUT2D eigenvalue weighted by Crippen LogP contribution is -2.54. The fourth-order valence-electron chi connectivity index (χ4n) is 2.99. The fourth-order valence-corrected chi connectivity index (χ4v) is 2.99. The lowest BCUT2D eigenvalue weighted by Gasteiger charge is -2.41. The first-order valence-electron chi connectivity index (χ1n) is 5.78. The molecule has 13 heavy (non-hydrogen) atoms. The van der Waals surface area contributed by atoms with Crippen molar-refractivity contribution in [1.82, 2.24) is 4.90 Å². The Morgan fingerprint density at radius 1 is 1.31 bits per heavy atom. The van der Waals surface area contributed by atoms with Crippen LogP contribution in [0.4, 0.5) is 0 Å². The van der Waals surface area contributed by atoms with Crippen molar-refractivity contribution in [1.29, 1.82) is 0 Å². The molecule has 0 aromatic carbocycles. The van der Waals surface area contributed by atoms with Crippen LogP contribution in [0.5, 0.6) is 0 Å². The molecule has 1 atom stereocenters. The topological polar surface area (TPSA) is 29.3 Å². The first-order valence-corrected chi connectivity index (χ1v) is 5.78. The molecule has 2 nitrogen and oxygen atoms in total. The van der Waals surface area contributed by atoms with Crippen LogP contribution < -0.4 is 5.73 Å². The van der Waals surface area contributed by atoms with E-state index in [9.17, 15) is 0 Å². The van der Waals surface area contributed by atoms with Crippen LogP contribution in [-0.2, 0) is 0 Å². The Hall–Kier alpha value is -0.0800. The van der Waals surface area contributed by atoms with Crippen molar-refractivity contribution >= 4 is 0 Å².